The first kappa shape index (κ1) is 15.0. The number of rotatable bonds is 5. The fraction of sp³-hybridized carbons (Fsp3) is 0.133. The van der Waals surface area contributed by atoms with Crippen LogP contribution in [0.1, 0.15) is 15.9 Å². The number of ketones is 1. The number of carbonyl (C=O) groups is 1. The van der Waals surface area contributed by atoms with Crippen molar-refractivity contribution in [3.05, 3.63) is 68.7 Å². The average molecular weight is 306 g/mol. The molecule has 0 fully saturated rings. The molecule has 0 saturated carbocycles. The molecule has 0 aromatic heterocycles. The molecule has 0 unspecified atom stereocenters. The van der Waals surface area contributed by atoms with E-state index in [1.54, 1.807) is 24.3 Å². The van der Waals surface area contributed by atoms with Crippen molar-refractivity contribution in [3.8, 4) is 5.75 Å². The van der Waals surface area contributed by atoms with Crippen LogP contribution >= 0.6 is 11.6 Å². The number of hydrogen-bond donors (Lipinski definition) is 0. The lowest BCUT2D eigenvalue weighted by molar-refractivity contribution is -0.385. The molecule has 6 heteroatoms. The van der Waals surface area contributed by atoms with E-state index in [0.717, 1.165) is 0 Å². The van der Waals surface area contributed by atoms with Crippen LogP contribution < -0.4 is 4.74 Å². The van der Waals surface area contributed by atoms with Gasteiger partial charge in [0.2, 0.25) is 0 Å². The van der Waals surface area contributed by atoms with Gasteiger partial charge in [0.1, 0.15) is 0 Å². The topological polar surface area (TPSA) is 69.4 Å². The number of nitrogens with zero attached hydrogens (tertiary/aromatic N) is 1. The maximum absolute atomic E-state index is 12.2. The van der Waals surface area contributed by atoms with Crippen LogP contribution in [0.5, 0.6) is 5.75 Å². The largest absolute Gasteiger partial charge is 0.490 e. The Balaban J connectivity index is 2.30. The summed E-state index contributed by atoms with van der Waals surface area (Å²) in [7, 11) is 1.34. The number of ether oxygens (including phenoxy) is 1. The lowest BCUT2D eigenvalue weighted by Crippen LogP contribution is -2.05. The van der Waals surface area contributed by atoms with E-state index < -0.39 is 4.92 Å². The molecule has 0 bridgehead atoms. The zero-order valence-electron chi connectivity index (χ0n) is 11.2. The Labute approximate surface area is 126 Å². The van der Waals surface area contributed by atoms with Gasteiger partial charge < -0.3 is 4.74 Å². The predicted molar refractivity (Wildman–Crippen MR) is 79.1 cm³/mol. The maximum atomic E-state index is 12.2. The molecule has 0 saturated heterocycles. The summed E-state index contributed by atoms with van der Waals surface area (Å²) >= 11 is 6.00. The van der Waals surface area contributed by atoms with Crippen LogP contribution in [0.2, 0.25) is 5.02 Å². The van der Waals surface area contributed by atoms with E-state index in [1.165, 1.54) is 25.3 Å². The zero-order chi connectivity index (χ0) is 15.4. The molecular weight excluding hydrogens is 294 g/mol. The summed E-state index contributed by atoms with van der Waals surface area (Å²) in [6.07, 6.45) is 0.0865. The van der Waals surface area contributed by atoms with Gasteiger partial charge in [-0.25, -0.2) is 0 Å². The highest BCUT2D eigenvalue weighted by molar-refractivity contribution is 6.31. The Morgan fingerprint density at radius 3 is 2.62 bits per heavy atom. The molecular formula is C15H12ClNO4. The Morgan fingerprint density at radius 1 is 1.29 bits per heavy atom. The SMILES string of the molecule is COc1ccc(C(=O)Cc2ccccc2Cl)cc1[N+](=O)[O-]. The van der Waals surface area contributed by atoms with Gasteiger partial charge in [-0.1, -0.05) is 29.8 Å². The second-order valence-corrected chi connectivity index (χ2v) is 4.74. The fourth-order valence-corrected chi connectivity index (χ4v) is 2.13. The second-order valence-electron chi connectivity index (χ2n) is 4.34. The lowest BCUT2D eigenvalue weighted by atomic mass is 10.0. The molecule has 0 radical (unpaired) electrons. The summed E-state index contributed by atoms with van der Waals surface area (Å²) in [6, 6.07) is 11.1. The number of nitro groups is 1. The second kappa shape index (κ2) is 6.37. The predicted octanol–water partition coefficient (Wildman–Crippen LogP) is 3.68. The summed E-state index contributed by atoms with van der Waals surface area (Å²) in [5.41, 5.74) is 0.701. The van der Waals surface area contributed by atoms with Crippen molar-refractivity contribution in [1.82, 2.24) is 0 Å². The van der Waals surface area contributed by atoms with Gasteiger partial charge in [-0.3, -0.25) is 14.9 Å². The summed E-state index contributed by atoms with van der Waals surface area (Å²) in [4.78, 5) is 22.6. The van der Waals surface area contributed by atoms with E-state index >= 15 is 0 Å². The number of nitro benzene ring substituents is 1. The van der Waals surface area contributed by atoms with E-state index in [9.17, 15) is 14.9 Å². The Bertz CT molecular complexity index is 700. The molecule has 0 aliphatic heterocycles. The highest BCUT2D eigenvalue weighted by Crippen LogP contribution is 2.28. The molecule has 0 N–H and O–H groups in total. The normalized spacial score (nSPS) is 10.2. The van der Waals surface area contributed by atoms with Gasteiger partial charge in [0.25, 0.3) is 0 Å². The van der Waals surface area contributed by atoms with Gasteiger partial charge in [0, 0.05) is 23.1 Å². The van der Waals surface area contributed by atoms with Crippen molar-refractivity contribution in [2.45, 2.75) is 6.42 Å². The van der Waals surface area contributed by atoms with Crippen LogP contribution in [-0.2, 0) is 6.42 Å². The molecule has 2 aromatic carbocycles. The van der Waals surface area contributed by atoms with Crippen molar-refractivity contribution in [1.29, 1.82) is 0 Å². The van der Waals surface area contributed by atoms with Gasteiger partial charge in [-0.2, -0.15) is 0 Å². The fourth-order valence-electron chi connectivity index (χ4n) is 1.92. The van der Waals surface area contributed by atoms with Gasteiger partial charge in [0.15, 0.2) is 11.5 Å². The monoisotopic (exact) mass is 305 g/mol. The summed E-state index contributed by atoms with van der Waals surface area (Å²) in [6.45, 7) is 0. The Hall–Kier alpha value is -2.40. The van der Waals surface area contributed by atoms with Crippen LogP contribution in [0.3, 0.4) is 0 Å². The van der Waals surface area contributed by atoms with Crippen LogP contribution in [0.15, 0.2) is 42.5 Å². The number of carbonyl (C=O) groups excluding carboxylic acids is 1. The van der Waals surface area contributed by atoms with E-state index in [2.05, 4.69) is 0 Å². The van der Waals surface area contributed by atoms with Crippen LogP contribution in [0.25, 0.3) is 0 Å². The third kappa shape index (κ3) is 3.38. The molecule has 0 aliphatic carbocycles. The van der Waals surface area contributed by atoms with Crippen LogP contribution in [0, 0.1) is 10.1 Å². The van der Waals surface area contributed by atoms with E-state index in [-0.39, 0.29) is 29.2 Å². The number of benzene rings is 2. The average Bonchev–Trinajstić information content (AvgIpc) is 2.48. The van der Waals surface area contributed by atoms with Gasteiger partial charge in [-0.05, 0) is 23.8 Å². The minimum atomic E-state index is -0.578. The van der Waals surface area contributed by atoms with Crippen molar-refractivity contribution in [3.63, 3.8) is 0 Å². The standard InChI is InChI=1S/C15H12ClNO4/c1-21-15-7-6-11(8-13(15)17(19)20)14(18)9-10-4-2-3-5-12(10)16/h2-8H,9H2,1H3. The molecule has 0 atom stereocenters. The highest BCUT2D eigenvalue weighted by atomic mass is 35.5. The van der Waals surface area contributed by atoms with Crippen LogP contribution in [0.4, 0.5) is 5.69 Å². The zero-order valence-corrected chi connectivity index (χ0v) is 12.0. The summed E-state index contributed by atoms with van der Waals surface area (Å²) < 4.78 is 4.90. The maximum Gasteiger partial charge on any atom is 0.311 e. The molecule has 0 amide bonds. The smallest absolute Gasteiger partial charge is 0.311 e. The van der Waals surface area contributed by atoms with Crippen LogP contribution in [-0.4, -0.2) is 17.8 Å². The third-order valence-electron chi connectivity index (χ3n) is 3.01. The molecule has 2 aromatic rings. The van der Waals surface area contributed by atoms with Crippen molar-refractivity contribution in [2.75, 3.05) is 7.11 Å². The molecule has 0 heterocycles. The summed E-state index contributed by atoms with van der Waals surface area (Å²) in [5, 5.41) is 11.5. The molecule has 0 aliphatic rings. The quantitative estimate of drug-likeness (QED) is 0.480. The van der Waals surface area contributed by atoms with Crippen molar-refractivity contribution >= 4 is 23.1 Å². The Kier molecular flexibility index (Phi) is 4.55. The van der Waals surface area contributed by atoms with Gasteiger partial charge in [0.05, 0.1) is 12.0 Å². The molecule has 0 spiro atoms. The molecule has 108 valence electrons. The first-order valence-electron chi connectivity index (χ1n) is 6.12. The van der Waals surface area contributed by atoms with Gasteiger partial charge >= 0.3 is 5.69 Å². The van der Waals surface area contributed by atoms with E-state index in [0.29, 0.717) is 10.6 Å². The number of Topliss-reactive ketones (excluding diaryl/α,β-unsaturated/α-hetero) is 1. The molecule has 21 heavy (non-hydrogen) atoms. The molecule has 5 nitrogen and oxygen atoms in total. The van der Waals surface area contributed by atoms with Crippen molar-refractivity contribution in [2.24, 2.45) is 0 Å². The first-order valence-corrected chi connectivity index (χ1v) is 6.49. The molecule has 2 rings (SSSR count). The number of methoxy groups -OCH3 is 1. The lowest BCUT2D eigenvalue weighted by Gasteiger charge is -2.06. The Morgan fingerprint density at radius 2 is 2.00 bits per heavy atom. The number of hydrogen-bond acceptors (Lipinski definition) is 4. The van der Waals surface area contributed by atoms with E-state index in [4.69, 9.17) is 16.3 Å². The minimum Gasteiger partial charge on any atom is -0.490 e. The van der Waals surface area contributed by atoms with Crippen molar-refractivity contribution < 1.29 is 14.5 Å². The number of halogens is 1. The third-order valence-corrected chi connectivity index (χ3v) is 3.38. The summed E-state index contributed by atoms with van der Waals surface area (Å²) in [5.74, 6) is -0.122. The first-order chi connectivity index (χ1) is 10.0. The highest BCUT2D eigenvalue weighted by Gasteiger charge is 2.18. The van der Waals surface area contributed by atoms with Gasteiger partial charge in [-0.15, -0.1) is 0 Å². The minimum absolute atomic E-state index is 0.0865. The van der Waals surface area contributed by atoms with E-state index in [1.807, 2.05) is 0 Å².